The quantitative estimate of drug-likeness (QED) is 0.844. The minimum Gasteiger partial charge on any atom is -0.324 e. The molecule has 3 nitrogen and oxygen atoms in total. The number of imidazole rings is 1. The van der Waals surface area contributed by atoms with Crippen LogP contribution in [0.15, 0.2) is 0 Å². The molecular weight excluding hydrogens is 210 g/mol. The van der Waals surface area contributed by atoms with Gasteiger partial charge in [0.1, 0.15) is 11.0 Å². The van der Waals surface area contributed by atoms with E-state index in [1.54, 1.807) is 0 Å². The first-order chi connectivity index (χ1) is 7.24. The van der Waals surface area contributed by atoms with E-state index in [4.69, 9.17) is 17.3 Å². The highest BCUT2D eigenvalue weighted by Crippen LogP contribution is 2.35. The lowest BCUT2D eigenvalue weighted by atomic mass is 9.87. The first-order valence-electron chi connectivity index (χ1n) is 5.65. The molecule has 1 aromatic rings. The number of rotatable bonds is 2. The first-order valence-corrected chi connectivity index (χ1v) is 6.03. The second-order valence-corrected chi connectivity index (χ2v) is 4.66. The maximum absolute atomic E-state index is 6.27. The SMILES string of the molecule is Cn1c(CN)nc(C2CCCCC2)c1Cl. The predicted octanol–water partition coefficient (Wildman–Crippen LogP) is 2.58. The Labute approximate surface area is 95.6 Å². The van der Waals surface area contributed by atoms with Gasteiger partial charge in [-0.2, -0.15) is 0 Å². The third kappa shape index (κ3) is 2.04. The van der Waals surface area contributed by atoms with Crippen molar-refractivity contribution >= 4 is 11.6 Å². The Morgan fingerprint density at radius 2 is 2.07 bits per heavy atom. The highest BCUT2D eigenvalue weighted by Gasteiger charge is 2.22. The lowest BCUT2D eigenvalue weighted by molar-refractivity contribution is 0.437. The number of hydrogen-bond donors (Lipinski definition) is 1. The van der Waals surface area contributed by atoms with Gasteiger partial charge in [0.25, 0.3) is 0 Å². The van der Waals surface area contributed by atoms with Gasteiger partial charge in [-0.15, -0.1) is 0 Å². The molecule has 1 aliphatic carbocycles. The number of hydrogen-bond acceptors (Lipinski definition) is 2. The second-order valence-electron chi connectivity index (χ2n) is 4.30. The van der Waals surface area contributed by atoms with E-state index in [-0.39, 0.29) is 0 Å². The summed E-state index contributed by atoms with van der Waals surface area (Å²) in [5.41, 5.74) is 6.69. The molecule has 0 saturated heterocycles. The number of nitrogens with zero attached hydrogens (tertiary/aromatic N) is 2. The number of aromatic nitrogens is 2. The zero-order valence-electron chi connectivity index (χ0n) is 9.17. The molecule has 0 atom stereocenters. The van der Waals surface area contributed by atoms with Gasteiger partial charge in [0.05, 0.1) is 12.2 Å². The van der Waals surface area contributed by atoms with Gasteiger partial charge < -0.3 is 10.3 Å². The molecule has 0 aromatic carbocycles. The summed E-state index contributed by atoms with van der Waals surface area (Å²) in [4.78, 5) is 4.56. The molecule has 4 heteroatoms. The van der Waals surface area contributed by atoms with E-state index in [1.165, 1.54) is 32.1 Å². The Kier molecular flexibility index (Phi) is 3.32. The topological polar surface area (TPSA) is 43.8 Å². The van der Waals surface area contributed by atoms with E-state index in [1.807, 2.05) is 11.6 Å². The molecule has 0 unspecified atom stereocenters. The standard InChI is InChI=1S/C11H18ClN3/c1-15-9(7-13)14-10(11(15)12)8-5-3-2-4-6-8/h8H,2-7,13H2,1H3. The molecule has 0 bridgehead atoms. The smallest absolute Gasteiger partial charge is 0.132 e. The monoisotopic (exact) mass is 227 g/mol. The van der Waals surface area contributed by atoms with E-state index >= 15 is 0 Å². The molecule has 1 fully saturated rings. The van der Waals surface area contributed by atoms with Gasteiger partial charge in [-0.3, -0.25) is 0 Å². The van der Waals surface area contributed by atoms with Crippen LogP contribution in [0.25, 0.3) is 0 Å². The maximum atomic E-state index is 6.27. The molecule has 1 aliphatic rings. The van der Waals surface area contributed by atoms with E-state index in [2.05, 4.69) is 4.98 Å². The average Bonchev–Trinajstić information content (AvgIpc) is 2.57. The fourth-order valence-electron chi connectivity index (χ4n) is 2.36. The second kappa shape index (κ2) is 4.54. The Balaban J connectivity index is 2.26. The van der Waals surface area contributed by atoms with Gasteiger partial charge in [0, 0.05) is 13.0 Å². The van der Waals surface area contributed by atoms with Crippen molar-refractivity contribution in [3.63, 3.8) is 0 Å². The van der Waals surface area contributed by atoms with Crippen LogP contribution in [0, 0.1) is 0 Å². The molecule has 2 rings (SSSR count). The molecule has 2 N–H and O–H groups in total. The number of halogens is 1. The van der Waals surface area contributed by atoms with Crippen molar-refractivity contribution in [1.29, 1.82) is 0 Å². The Morgan fingerprint density at radius 1 is 1.40 bits per heavy atom. The number of nitrogens with two attached hydrogens (primary N) is 1. The fraction of sp³-hybridized carbons (Fsp3) is 0.727. The molecule has 0 aliphatic heterocycles. The van der Waals surface area contributed by atoms with Crippen LogP contribution < -0.4 is 5.73 Å². The van der Waals surface area contributed by atoms with Gasteiger partial charge in [0.2, 0.25) is 0 Å². The normalized spacial score (nSPS) is 18.3. The van der Waals surface area contributed by atoms with Crippen LogP contribution in [0.3, 0.4) is 0 Å². The van der Waals surface area contributed by atoms with E-state index < -0.39 is 0 Å². The zero-order valence-corrected chi connectivity index (χ0v) is 9.93. The van der Waals surface area contributed by atoms with Crippen molar-refractivity contribution in [2.75, 3.05) is 0 Å². The van der Waals surface area contributed by atoms with Crippen molar-refractivity contribution in [1.82, 2.24) is 9.55 Å². The zero-order chi connectivity index (χ0) is 10.8. The molecule has 1 heterocycles. The largest absolute Gasteiger partial charge is 0.324 e. The summed E-state index contributed by atoms with van der Waals surface area (Å²) >= 11 is 6.27. The summed E-state index contributed by atoms with van der Waals surface area (Å²) in [5.74, 6) is 1.44. The van der Waals surface area contributed by atoms with Gasteiger partial charge in [0.15, 0.2) is 0 Å². The van der Waals surface area contributed by atoms with Crippen molar-refractivity contribution < 1.29 is 0 Å². The lowest BCUT2D eigenvalue weighted by Gasteiger charge is -2.19. The molecule has 0 radical (unpaired) electrons. The predicted molar refractivity (Wildman–Crippen MR) is 61.9 cm³/mol. The highest BCUT2D eigenvalue weighted by atomic mass is 35.5. The summed E-state index contributed by atoms with van der Waals surface area (Å²) in [6, 6.07) is 0. The van der Waals surface area contributed by atoms with Crippen molar-refractivity contribution in [2.24, 2.45) is 12.8 Å². The van der Waals surface area contributed by atoms with Crippen molar-refractivity contribution in [3.8, 4) is 0 Å². The van der Waals surface area contributed by atoms with E-state index in [0.717, 1.165) is 16.7 Å². The third-order valence-electron chi connectivity index (χ3n) is 3.32. The van der Waals surface area contributed by atoms with Gasteiger partial charge in [-0.1, -0.05) is 30.9 Å². The molecule has 1 saturated carbocycles. The summed E-state index contributed by atoms with van der Waals surface area (Å²) in [7, 11) is 1.93. The molecule has 15 heavy (non-hydrogen) atoms. The molecule has 84 valence electrons. The van der Waals surface area contributed by atoms with Crippen LogP contribution >= 0.6 is 11.6 Å². The van der Waals surface area contributed by atoms with Crippen molar-refractivity contribution in [3.05, 3.63) is 16.7 Å². The van der Waals surface area contributed by atoms with Crippen LogP contribution in [-0.2, 0) is 13.6 Å². The fourth-order valence-corrected chi connectivity index (χ4v) is 2.66. The average molecular weight is 228 g/mol. The van der Waals surface area contributed by atoms with E-state index in [9.17, 15) is 0 Å². The van der Waals surface area contributed by atoms with Crippen LogP contribution in [0.5, 0.6) is 0 Å². The van der Waals surface area contributed by atoms with Crippen molar-refractivity contribution in [2.45, 2.75) is 44.6 Å². The summed E-state index contributed by atoms with van der Waals surface area (Å²) < 4.78 is 1.91. The minimum absolute atomic E-state index is 0.461. The molecule has 1 aromatic heterocycles. The van der Waals surface area contributed by atoms with Gasteiger partial charge in [-0.05, 0) is 12.8 Å². The summed E-state index contributed by atoms with van der Waals surface area (Å²) in [5, 5.41) is 0.780. The Morgan fingerprint density at radius 3 is 2.60 bits per heavy atom. The van der Waals surface area contributed by atoms with Crippen LogP contribution in [0.1, 0.15) is 49.5 Å². The lowest BCUT2D eigenvalue weighted by Crippen LogP contribution is -2.06. The van der Waals surface area contributed by atoms with E-state index in [0.29, 0.717) is 12.5 Å². The van der Waals surface area contributed by atoms with Gasteiger partial charge in [-0.25, -0.2) is 4.98 Å². The highest BCUT2D eigenvalue weighted by molar-refractivity contribution is 6.30. The van der Waals surface area contributed by atoms with Crippen LogP contribution in [-0.4, -0.2) is 9.55 Å². The third-order valence-corrected chi connectivity index (χ3v) is 3.76. The minimum atomic E-state index is 0.461. The molecule has 0 amide bonds. The maximum Gasteiger partial charge on any atom is 0.132 e. The molecular formula is C11H18ClN3. The first kappa shape index (κ1) is 11.0. The van der Waals surface area contributed by atoms with Gasteiger partial charge >= 0.3 is 0 Å². The van der Waals surface area contributed by atoms with Crippen LogP contribution in [0.2, 0.25) is 5.15 Å². The van der Waals surface area contributed by atoms with Crippen LogP contribution in [0.4, 0.5) is 0 Å². The Bertz CT molecular complexity index is 340. The summed E-state index contributed by atoms with van der Waals surface area (Å²) in [6.45, 7) is 0.461. The summed E-state index contributed by atoms with van der Waals surface area (Å²) in [6.07, 6.45) is 6.40. The Hall–Kier alpha value is -0.540. The molecule has 0 spiro atoms.